The van der Waals surface area contributed by atoms with E-state index in [1.807, 2.05) is 0 Å². The molecule has 0 N–H and O–H groups in total. The maximum atomic E-state index is 5.20. The quantitative estimate of drug-likeness (QED) is 0.541. The van der Waals surface area contributed by atoms with Crippen LogP contribution in [-0.2, 0) is 0 Å². The van der Waals surface area contributed by atoms with Gasteiger partial charge in [0, 0.05) is 19.5 Å². The molecular formula is C10H17N. The lowest BCUT2D eigenvalue weighted by atomic mass is 10.3. The van der Waals surface area contributed by atoms with Gasteiger partial charge in [0.15, 0.2) is 0 Å². The summed E-state index contributed by atoms with van der Waals surface area (Å²) in [5.41, 5.74) is 0. The van der Waals surface area contributed by atoms with Crippen molar-refractivity contribution in [1.29, 1.82) is 0 Å². The third kappa shape index (κ3) is 3.43. The van der Waals surface area contributed by atoms with Crippen LogP contribution < -0.4 is 0 Å². The topological polar surface area (TPSA) is 3.24 Å². The number of rotatable bonds is 5. The summed E-state index contributed by atoms with van der Waals surface area (Å²) in [6.07, 6.45) is 8.98. The summed E-state index contributed by atoms with van der Waals surface area (Å²) in [7, 11) is 0. The molecule has 62 valence electrons. The smallest absolute Gasteiger partial charge is 0.0214 e. The van der Waals surface area contributed by atoms with E-state index in [-0.39, 0.29) is 0 Å². The van der Waals surface area contributed by atoms with E-state index in [4.69, 9.17) is 6.42 Å². The first kappa shape index (κ1) is 8.62. The Kier molecular flexibility index (Phi) is 3.45. The zero-order valence-corrected chi connectivity index (χ0v) is 7.34. The van der Waals surface area contributed by atoms with E-state index >= 15 is 0 Å². The fraction of sp³-hybridized carbons (Fsp3) is 0.800. The van der Waals surface area contributed by atoms with E-state index in [1.165, 1.54) is 19.4 Å². The van der Waals surface area contributed by atoms with Gasteiger partial charge in [0.1, 0.15) is 0 Å². The summed E-state index contributed by atoms with van der Waals surface area (Å²) in [4.78, 5) is 2.46. The summed E-state index contributed by atoms with van der Waals surface area (Å²) in [6, 6.07) is 0. The van der Waals surface area contributed by atoms with Gasteiger partial charge in [0.25, 0.3) is 0 Å². The van der Waals surface area contributed by atoms with Crippen LogP contribution in [0, 0.1) is 18.3 Å². The molecule has 0 atom stereocenters. The maximum absolute atomic E-state index is 5.20. The van der Waals surface area contributed by atoms with Crippen molar-refractivity contribution in [3.8, 4) is 12.3 Å². The van der Waals surface area contributed by atoms with Gasteiger partial charge < -0.3 is 4.90 Å². The second kappa shape index (κ2) is 4.41. The average molecular weight is 151 g/mol. The fourth-order valence-corrected chi connectivity index (χ4v) is 1.27. The summed E-state index contributed by atoms with van der Waals surface area (Å²) < 4.78 is 0. The second-order valence-electron chi connectivity index (χ2n) is 3.29. The van der Waals surface area contributed by atoms with Gasteiger partial charge >= 0.3 is 0 Å². The lowest BCUT2D eigenvalue weighted by Crippen LogP contribution is -2.26. The van der Waals surface area contributed by atoms with Crippen LogP contribution in [-0.4, -0.2) is 24.5 Å². The van der Waals surface area contributed by atoms with E-state index < -0.39 is 0 Å². The van der Waals surface area contributed by atoms with Crippen LogP contribution in [0.3, 0.4) is 0 Å². The summed E-state index contributed by atoms with van der Waals surface area (Å²) in [5.74, 6) is 3.68. The molecule has 0 spiro atoms. The van der Waals surface area contributed by atoms with Gasteiger partial charge in [-0.1, -0.05) is 6.92 Å². The Morgan fingerprint density at radius 3 is 2.73 bits per heavy atom. The third-order valence-corrected chi connectivity index (χ3v) is 2.23. The Morgan fingerprint density at radius 2 is 2.27 bits per heavy atom. The van der Waals surface area contributed by atoms with Crippen LogP contribution in [0.1, 0.15) is 26.2 Å². The lowest BCUT2D eigenvalue weighted by molar-refractivity contribution is 0.283. The molecule has 0 aromatic heterocycles. The van der Waals surface area contributed by atoms with Crippen LogP contribution in [0.15, 0.2) is 0 Å². The van der Waals surface area contributed by atoms with E-state index in [9.17, 15) is 0 Å². The van der Waals surface area contributed by atoms with Crippen molar-refractivity contribution < 1.29 is 0 Å². The molecule has 1 heteroatoms. The Bertz CT molecular complexity index is 141. The Labute approximate surface area is 69.8 Å². The number of nitrogens with zero attached hydrogens (tertiary/aromatic N) is 1. The van der Waals surface area contributed by atoms with Gasteiger partial charge in [-0.05, 0) is 25.3 Å². The molecule has 1 nitrogen and oxygen atoms in total. The van der Waals surface area contributed by atoms with E-state index in [2.05, 4.69) is 17.7 Å². The molecule has 0 unspecified atom stereocenters. The Morgan fingerprint density at radius 1 is 1.55 bits per heavy atom. The predicted octanol–water partition coefficient (Wildman–Crippen LogP) is 1.74. The van der Waals surface area contributed by atoms with Crippen LogP contribution in [0.5, 0.6) is 0 Å². The predicted molar refractivity (Wildman–Crippen MR) is 48.3 cm³/mol. The minimum Gasteiger partial charge on any atom is -0.302 e. The highest BCUT2D eigenvalue weighted by molar-refractivity contribution is 4.85. The summed E-state index contributed by atoms with van der Waals surface area (Å²) in [6.45, 7) is 5.72. The Hall–Kier alpha value is -0.480. The van der Waals surface area contributed by atoms with E-state index in [1.54, 1.807) is 0 Å². The lowest BCUT2D eigenvalue weighted by Gasteiger charge is -2.18. The van der Waals surface area contributed by atoms with Crippen LogP contribution in [0.25, 0.3) is 0 Å². The van der Waals surface area contributed by atoms with Crippen molar-refractivity contribution in [2.24, 2.45) is 5.92 Å². The number of terminal acetylenes is 1. The molecule has 1 aliphatic carbocycles. The van der Waals surface area contributed by atoms with E-state index in [0.29, 0.717) is 0 Å². The summed E-state index contributed by atoms with van der Waals surface area (Å²) in [5, 5.41) is 0. The molecule has 0 bridgehead atoms. The highest BCUT2D eigenvalue weighted by atomic mass is 15.1. The highest BCUT2D eigenvalue weighted by Crippen LogP contribution is 2.29. The van der Waals surface area contributed by atoms with Crippen molar-refractivity contribution in [3.05, 3.63) is 0 Å². The molecule has 0 aromatic carbocycles. The second-order valence-corrected chi connectivity index (χ2v) is 3.29. The average Bonchev–Trinajstić information content (AvgIpc) is 2.81. The van der Waals surface area contributed by atoms with Gasteiger partial charge in [-0.3, -0.25) is 0 Å². The SMILES string of the molecule is C#CCCN(CC)CC1CC1. The zero-order chi connectivity index (χ0) is 8.10. The van der Waals surface area contributed by atoms with Crippen molar-refractivity contribution in [2.45, 2.75) is 26.2 Å². The third-order valence-electron chi connectivity index (χ3n) is 2.23. The van der Waals surface area contributed by atoms with Crippen molar-refractivity contribution in [1.82, 2.24) is 4.90 Å². The Balaban J connectivity index is 2.08. The molecule has 0 aliphatic heterocycles. The molecule has 0 saturated heterocycles. The molecule has 1 aliphatic rings. The monoisotopic (exact) mass is 151 g/mol. The van der Waals surface area contributed by atoms with E-state index in [0.717, 1.165) is 25.4 Å². The molecule has 0 amide bonds. The standard InChI is InChI=1S/C10H17N/c1-3-5-8-11(4-2)9-10-6-7-10/h1,10H,4-9H2,2H3. The molecule has 1 fully saturated rings. The van der Waals surface area contributed by atoms with Gasteiger partial charge in [0.2, 0.25) is 0 Å². The summed E-state index contributed by atoms with van der Waals surface area (Å²) >= 11 is 0. The molecular weight excluding hydrogens is 134 g/mol. The first-order valence-corrected chi connectivity index (χ1v) is 4.52. The van der Waals surface area contributed by atoms with Crippen LogP contribution in [0.2, 0.25) is 0 Å². The van der Waals surface area contributed by atoms with Gasteiger partial charge in [-0.25, -0.2) is 0 Å². The first-order valence-electron chi connectivity index (χ1n) is 4.52. The molecule has 1 saturated carbocycles. The zero-order valence-electron chi connectivity index (χ0n) is 7.34. The van der Waals surface area contributed by atoms with Crippen molar-refractivity contribution >= 4 is 0 Å². The highest BCUT2D eigenvalue weighted by Gasteiger charge is 2.23. The maximum Gasteiger partial charge on any atom is 0.0214 e. The fourth-order valence-electron chi connectivity index (χ4n) is 1.27. The first-order chi connectivity index (χ1) is 5.36. The molecule has 11 heavy (non-hydrogen) atoms. The molecule has 0 radical (unpaired) electrons. The molecule has 1 rings (SSSR count). The van der Waals surface area contributed by atoms with Gasteiger partial charge in [0.05, 0.1) is 0 Å². The minimum absolute atomic E-state index is 0.903. The molecule has 0 heterocycles. The normalized spacial score (nSPS) is 16.8. The largest absolute Gasteiger partial charge is 0.302 e. The van der Waals surface area contributed by atoms with Crippen LogP contribution >= 0.6 is 0 Å². The van der Waals surface area contributed by atoms with Crippen LogP contribution in [0.4, 0.5) is 0 Å². The molecule has 0 aromatic rings. The minimum atomic E-state index is 0.903. The van der Waals surface area contributed by atoms with Gasteiger partial charge in [-0.15, -0.1) is 12.3 Å². The van der Waals surface area contributed by atoms with Crippen molar-refractivity contribution in [3.63, 3.8) is 0 Å². The number of hydrogen-bond donors (Lipinski definition) is 0. The van der Waals surface area contributed by atoms with Gasteiger partial charge in [-0.2, -0.15) is 0 Å². The number of hydrogen-bond acceptors (Lipinski definition) is 1. The van der Waals surface area contributed by atoms with Crippen molar-refractivity contribution in [2.75, 3.05) is 19.6 Å².